The molecule has 1 aromatic heterocycles. The van der Waals surface area contributed by atoms with Crippen LogP contribution in [-0.4, -0.2) is 39.8 Å². The maximum Gasteiger partial charge on any atom is 0.227 e. The highest BCUT2D eigenvalue weighted by Crippen LogP contribution is 2.25. The molecule has 1 aliphatic heterocycles. The van der Waals surface area contributed by atoms with Gasteiger partial charge in [-0.25, -0.2) is 9.97 Å². The van der Waals surface area contributed by atoms with Crippen LogP contribution in [0.1, 0.15) is 25.6 Å². The van der Waals surface area contributed by atoms with Crippen LogP contribution in [0.5, 0.6) is 0 Å². The standard InChI is InChI=1S/C25H27N5O2/c1-17-26-23(19-7-4-3-5-8-19)16-24(27-17)28-21-9-6-10-22(15-21)29-25(32)20-11-13-30(14-12-20)18(2)31/h3-10,15-16,20H,11-14H2,1-2H3,(H,29,32)(H,26,27,28). The van der Waals surface area contributed by atoms with Gasteiger partial charge in [-0.2, -0.15) is 0 Å². The largest absolute Gasteiger partial charge is 0.343 e. The minimum atomic E-state index is -0.0832. The van der Waals surface area contributed by atoms with Crippen LogP contribution in [0, 0.1) is 12.8 Å². The molecule has 0 unspecified atom stereocenters. The first-order valence-corrected chi connectivity index (χ1v) is 10.8. The van der Waals surface area contributed by atoms with E-state index in [2.05, 4.69) is 20.6 Å². The number of aromatic nitrogens is 2. The van der Waals surface area contributed by atoms with Crippen LogP contribution in [-0.2, 0) is 9.59 Å². The van der Waals surface area contributed by atoms with Gasteiger partial charge in [-0.05, 0) is 38.0 Å². The van der Waals surface area contributed by atoms with Crippen molar-refractivity contribution >= 4 is 29.0 Å². The highest BCUT2D eigenvalue weighted by Gasteiger charge is 2.26. The Bertz CT molecular complexity index is 1110. The Labute approximate surface area is 187 Å². The summed E-state index contributed by atoms with van der Waals surface area (Å²) in [7, 11) is 0. The fourth-order valence-corrected chi connectivity index (χ4v) is 3.91. The van der Waals surface area contributed by atoms with Crippen molar-refractivity contribution in [1.82, 2.24) is 14.9 Å². The van der Waals surface area contributed by atoms with Gasteiger partial charge in [0, 0.05) is 48.9 Å². The van der Waals surface area contributed by atoms with Crippen LogP contribution in [0.4, 0.5) is 17.2 Å². The Morgan fingerprint density at radius 2 is 1.66 bits per heavy atom. The molecular weight excluding hydrogens is 402 g/mol. The van der Waals surface area contributed by atoms with Gasteiger partial charge >= 0.3 is 0 Å². The van der Waals surface area contributed by atoms with E-state index in [9.17, 15) is 9.59 Å². The lowest BCUT2D eigenvalue weighted by Gasteiger charge is -2.30. The first-order valence-electron chi connectivity index (χ1n) is 10.8. The topological polar surface area (TPSA) is 87.2 Å². The van der Waals surface area contributed by atoms with Crippen LogP contribution in [0.15, 0.2) is 60.7 Å². The number of rotatable bonds is 5. The molecule has 0 saturated carbocycles. The molecule has 164 valence electrons. The van der Waals surface area contributed by atoms with Crippen molar-refractivity contribution in [3.8, 4) is 11.3 Å². The normalized spacial score (nSPS) is 14.1. The fraction of sp³-hybridized carbons (Fsp3) is 0.280. The molecule has 0 aliphatic carbocycles. The second-order valence-corrected chi connectivity index (χ2v) is 8.03. The zero-order chi connectivity index (χ0) is 22.5. The quantitative estimate of drug-likeness (QED) is 0.628. The molecule has 1 fully saturated rings. The van der Waals surface area contributed by atoms with Crippen LogP contribution in [0.3, 0.4) is 0 Å². The van der Waals surface area contributed by atoms with Gasteiger partial charge in [0.05, 0.1) is 5.69 Å². The average molecular weight is 430 g/mol. The molecular formula is C25H27N5O2. The molecule has 3 aromatic rings. The lowest BCUT2D eigenvalue weighted by atomic mass is 9.96. The molecule has 2 N–H and O–H groups in total. The van der Waals surface area contributed by atoms with Crippen LogP contribution < -0.4 is 10.6 Å². The predicted octanol–water partition coefficient (Wildman–Crippen LogP) is 4.39. The van der Waals surface area contributed by atoms with Crippen LogP contribution >= 0.6 is 0 Å². The number of amides is 2. The van der Waals surface area contributed by atoms with Crippen molar-refractivity contribution < 1.29 is 9.59 Å². The average Bonchev–Trinajstić information content (AvgIpc) is 2.79. The molecule has 2 aromatic carbocycles. The molecule has 32 heavy (non-hydrogen) atoms. The van der Waals surface area contributed by atoms with Gasteiger partial charge in [0.25, 0.3) is 0 Å². The molecule has 0 atom stereocenters. The summed E-state index contributed by atoms with van der Waals surface area (Å²) in [6, 6.07) is 19.5. The maximum atomic E-state index is 12.7. The van der Waals surface area contributed by atoms with E-state index in [4.69, 9.17) is 0 Å². The summed E-state index contributed by atoms with van der Waals surface area (Å²) in [6.07, 6.45) is 1.37. The van der Waals surface area contributed by atoms with E-state index < -0.39 is 0 Å². The number of piperidine rings is 1. The number of anilines is 3. The second-order valence-electron chi connectivity index (χ2n) is 8.03. The van der Waals surface area contributed by atoms with E-state index in [0.717, 1.165) is 22.6 Å². The fourth-order valence-electron chi connectivity index (χ4n) is 3.91. The molecule has 4 rings (SSSR count). The summed E-state index contributed by atoms with van der Waals surface area (Å²) >= 11 is 0. The predicted molar refractivity (Wildman–Crippen MR) is 126 cm³/mol. The number of carbonyl (C=O) groups excluding carboxylic acids is 2. The number of likely N-dealkylation sites (tertiary alicyclic amines) is 1. The van der Waals surface area contributed by atoms with E-state index in [-0.39, 0.29) is 17.7 Å². The molecule has 0 radical (unpaired) electrons. The minimum Gasteiger partial charge on any atom is -0.343 e. The van der Waals surface area contributed by atoms with E-state index in [0.29, 0.717) is 37.6 Å². The zero-order valence-electron chi connectivity index (χ0n) is 18.3. The lowest BCUT2D eigenvalue weighted by Crippen LogP contribution is -2.40. The minimum absolute atomic E-state index is 0.00500. The van der Waals surface area contributed by atoms with Gasteiger partial charge < -0.3 is 15.5 Å². The second kappa shape index (κ2) is 9.60. The number of hydrogen-bond donors (Lipinski definition) is 2. The number of carbonyl (C=O) groups is 2. The van der Waals surface area contributed by atoms with Crippen LogP contribution in [0.2, 0.25) is 0 Å². The third-order valence-electron chi connectivity index (χ3n) is 5.62. The third-order valence-corrected chi connectivity index (χ3v) is 5.62. The maximum absolute atomic E-state index is 12.7. The van der Waals surface area contributed by atoms with Crippen molar-refractivity contribution in [2.24, 2.45) is 5.92 Å². The van der Waals surface area contributed by atoms with Gasteiger partial charge in [-0.15, -0.1) is 0 Å². The van der Waals surface area contributed by atoms with Gasteiger partial charge in [-0.3, -0.25) is 9.59 Å². The Morgan fingerprint density at radius 3 is 2.38 bits per heavy atom. The first kappa shape index (κ1) is 21.5. The highest BCUT2D eigenvalue weighted by atomic mass is 16.2. The van der Waals surface area contributed by atoms with E-state index in [1.807, 2.05) is 67.6 Å². The molecule has 7 heteroatoms. The molecule has 2 heterocycles. The Balaban J connectivity index is 1.43. The van der Waals surface area contributed by atoms with E-state index in [1.165, 1.54) is 0 Å². The molecule has 0 bridgehead atoms. The summed E-state index contributed by atoms with van der Waals surface area (Å²) in [5.74, 6) is 1.35. The summed E-state index contributed by atoms with van der Waals surface area (Å²) in [4.78, 5) is 35.0. The molecule has 1 saturated heterocycles. The lowest BCUT2D eigenvalue weighted by molar-refractivity contribution is -0.132. The highest BCUT2D eigenvalue weighted by molar-refractivity contribution is 5.93. The summed E-state index contributed by atoms with van der Waals surface area (Å²) in [5, 5.41) is 6.34. The summed E-state index contributed by atoms with van der Waals surface area (Å²) < 4.78 is 0. The van der Waals surface area contributed by atoms with E-state index >= 15 is 0 Å². The third kappa shape index (κ3) is 5.29. The number of nitrogens with zero attached hydrogens (tertiary/aromatic N) is 3. The monoisotopic (exact) mass is 429 g/mol. The molecule has 7 nitrogen and oxygen atoms in total. The van der Waals surface area contributed by atoms with Crippen molar-refractivity contribution in [3.05, 3.63) is 66.5 Å². The zero-order valence-corrected chi connectivity index (χ0v) is 18.3. The summed E-state index contributed by atoms with van der Waals surface area (Å²) in [6.45, 7) is 4.70. The van der Waals surface area contributed by atoms with Gasteiger partial charge in [-0.1, -0.05) is 36.4 Å². The molecule has 2 amide bonds. The first-order chi connectivity index (χ1) is 15.5. The Kier molecular flexibility index (Phi) is 6.44. The van der Waals surface area contributed by atoms with Crippen LogP contribution in [0.25, 0.3) is 11.3 Å². The Morgan fingerprint density at radius 1 is 0.938 bits per heavy atom. The number of aryl methyl sites for hydroxylation is 1. The summed E-state index contributed by atoms with van der Waals surface area (Å²) in [5.41, 5.74) is 3.43. The number of hydrogen-bond acceptors (Lipinski definition) is 5. The SMILES string of the molecule is CC(=O)N1CCC(C(=O)Nc2cccc(Nc3cc(-c4ccccc4)nc(C)n3)c2)CC1. The van der Waals surface area contributed by atoms with Gasteiger partial charge in [0.1, 0.15) is 11.6 Å². The van der Waals surface area contributed by atoms with E-state index in [1.54, 1.807) is 11.8 Å². The van der Waals surface area contributed by atoms with Crippen molar-refractivity contribution in [1.29, 1.82) is 0 Å². The molecule has 0 spiro atoms. The number of nitrogens with one attached hydrogen (secondary N) is 2. The number of benzene rings is 2. The van der Waals surface area contributed by atoms with Crippen molar-refractivity contribution in [3.63, 3.8) is 0 Å². The molecule has 1 aliphatic rings. The van der Waals surface area contributed by atoms with Gasteiger partial charge in [0.15, 0.2) is 0 Å². The smallest absolute Gasteiger partial charge is 0.227 e. The Hall–Kier alpha value is -3.74. The van der Waals surface area contributed by atoms with Crippen molar-refractivity contribution in [2.45, 2.75) is 26.7 Å². The van der Waals surface area contributed by atoms with Crippen molar-refractivity contribution in [2.75, 3.05) is 23.7 Å². The van der Waals surface area contributed by atoms with Gasteiger partial charge in [0.2, 0.25) is 11.8 Å².